The monoisotopic (exact) mass is 581 g/mol. The number of unbranched alkanes of at least 4 members (excludes halogenated alkanes) is 2. The quantitative estimate of drug-likeness (QED) is 0.306. The van der Waals surface area contributed by atoms with Crippen molar-refractivity contribution in [2.75, 3.05) is 13.1 Å². The average Bonchev–Trinajstić information content (AvgIpc) is 3.67. The number of nitrogens with zero attached hydrogens (tertiary/aromatic N) is 2. The molecule has 1 amide bonds. The Morgan fingerprint density at radius 3 is 2.39 bits per heavy atom. The van der Waals surface area contributed by atoms with Crippen LogP contribution in [0.2, 0.25) is 0 Å². The Morgan fingerprint density at radius 1 is 0.976 bits per heavy atom. The van der Waals surface area contributed by atoms with Crippen LogP contribution in [-0.2, 0) is 37.2 Å². The van der Waals surface area contributed by atoms with E-state index in [2.05, 4.69) is 10.3 Å². The molecule has 1 unspecified atom stereocenters. The number of benzene rings is 2. The maximum absolute atomic E-state index is 13.1. The van der Waals surface area contributed by atoms with Crippen molar-refractivity contribution in [1.82, 2.24) is 9.62 Å². The van der Waals surface area contributed by atoms with E-state index in [4.69, 9.17) is 0 Å². The van der Waals surface area contributed by atoms with Gasteiger partial charge in [0.15, 0.2) is 0 Å². The van der Waals surface area contributed by atoms with Gasteiger partial charge in [-0.2, -0.15) is 4.31 Å². The van der Waals surface area contributed by atoms with Crippen molar-refractivity contribution in [3.05, 3.63) is 65.7 Å². The number of carboxylic acids is 1. The number of sulfonamides is 1. The lowest BCUT2D eigenvalue weighted by Gasteiger charge is -2.25. The number of Topliss-reactive ketones (excluding diaryl/α,β-unsaturated/α-hetero) is 1. The molecule has 0 aromatic heterocycles. The number of nitrogens with one attached hydrogen (secondary N) is 1. The second kappa shape index (κ2) is 14.5. The zero-order valence-corrected chi connectivity index (χ0v) is 24.2. The summed E-state index contributed by atoms with van der Waals surface area (Å²) >= 11 is 0. The smallest absolute Gasteiger partial charge is 0.326 e. The van der Waals surface area contributed by atoms with Gasteiger partial charge < -0.3 is 10.4 Å². The van der Waals surface area contributed by atoms with Crippen LogP contribution in [0.3, 0.4) is 0 Å². The Balaban J connectivity index is 1.26. The molecule has 2 N–H and O–H groups in total. The lowest BCUT2D eigenvalue weighted by Crippen LogP contribution is -2.51. The number of carbonyl (C=O) groups is 3. The molecule has 2 aliphatic rings. The summed E-state index contributed by atoms with van der Waals surface area (Å²) in [5.74, 6) is -1.64. The van der Waals surface area contributed by atoms with Crippen molar-refractivity contribution < 1.29 is 27.9 Å². The molecule has 2 atom stereocenters. The second-order valence-electron chi connectivity index (χ2n) is 10.8. The number of carboxylic acid groups (broad SMARTS) is 1. The van der Waals surface area contributed by atoms with E-state index in [1.807, 2.05) is 12.1 Å². The van der Waals surface area contributed by atoms with Crippen LogP contribution in [0.25, 0.3) is 0 Å². The van der Waals surface area contributed by atoms with Gasteiger partial charge in [-0.25, -0.2) is 13.2 Å². The average molecular weight is 582 g/mol. The van der Waals surface area contributed by atoms with Gasteiger partial charge in [0.25, 0.3) is 0 Å². The second-order valence-corrected chi connectivity index (χ2v) is 12.7. The highest BCUT2D eigenvalue weighted by Gasteiger charge is 2.40. The summed E-state index contributed by atoms with van der Waals surface area (Å²) in [4.78, 5) is 42.1. The first kappa shape index (κ1) is 30.6. The van der Waals surface area contributed by atoms with Gasteiger partial charge in [-0.3, -0.25) is 14.6 Å². The van der Waals surface area contributed by atoms with E-state index in [1.54, 1.807) is 30.3 Å². The molecule has 1 fully saturated rings. The van der Waals surface area contributed by atoms with Crippen molar-refractivity contribution in [3.63, 3.8) is 0 Å². The maximum atomic E-state index is 13.1. The largest absolute Gasteiger partial charge is 0.480 e. The molecule has 0 spiro atoms. The lowest BCUT2D eigenvalue weighted by molar-refractivity contribution is -0.142. The third kappa shape index (κ3) is 8.56. The van der Waals surface area contributed by atoms with Crippen LogP contribution in [0.15, 0.2) is 64.5 Å². The lowest BCUT2D eigenvalue weighted by atomic mass is 10.00. The molecule has 2 heterocycles. The number of rotatable bonds is 15. The molecule has 4 rings (SSSR count). The van der Waals surface area contributed by atoms with Crippen LogP contribution in [0.4, 0.5) is 0 Å². The van der Waals surface area contributed by atoms with Crippen LogP contribution in [0.1, 0.15) is 68.9 Å². The van der Waals surface area contributed by atoms with Gasteiger partial charge in [0.05, 0.1) is 4.90 Å². The fraction of sp³-hybridized carbons (Fsp3) is 0.484. The van der Waals surface area contributed by atoms with E-state index in [0.717, 1.165) is 48.5 Å². The summed E-state index contributed by atoms with van der Waals surface area (Å²) in [6, 6.07) is 12.9. The van der Waals surface area contributed by atoms with E-state index in [9.17, 15) is 27.9 Å². The Bertz CT molecular complexity index is 1340. The zero-order chi connectivity index (χ0) is 29.2. The molecule has 1 saturated heterocycles. The molecule has 41 heavy (non-hydrogen) atoms. The van der Waals surface area contributed by atoms with Gasteiger partial charge >= 0.3 is 5.97 Å². The summed E-state index contributed by atoms with van der Waals surface area (Å²) in [5, 5.41) is 12.3. The molecular weight excluding hydrogens is 542 g/mol. The molecule has 0 aliphatic carbocycles. The number of hydrogen-bond acceptors (Lipinski definition) is 6. The van der Waals surface area contributed by atoms with Gasteiger partial charge in [0, 0.05) is 38.1 Å². The van der Waals surface area contributed by atoms with Crippen molar-refractivity contribution in [2.45, 2.75) is 87.6 Å². The number of aliphatic carboxylic acids is 1. The summed E-state index contributed by atoms with van der Waals surface area (Å²) < 4.78 is 27.4. The van der Waals surface area contributed by atoms with Crippen LogP contribution >= 0.6 is 0 Å². The van der Waals surface area contributed by atoms with Gasteiger partial charge in [-0.05, 0) is 68.2 Å². The zero-order valence-electron chi connectivity index (χ0n) is 23.3. The van der Waals surface area contributed by atoms with Crippen LogP contribution < -0.4 is 5.32 Å². The highest BCUT2D eigenvalue weighted by molar-refractivity contribution is 7.89. The highest BCUT2D eigenvalue weighted by Crippen LogP contribution is 2.26. The molecular formula is C31H39N3O6S. The standard InChI is InChI=1S/C31H39N3O6S/c35-26(11-4-1-3-9-25-10-7-19-32-25)21-23-15-17-24(18-16-23)22-28(31(37)38)33-30(36)29-14-8-20-34(29)41(39,40)27-12-5-2-6-13-27/h2,5-6,12-13,15-18,28-29H,1,3-4,7-11,14,19-22H2,(H,33,36)(H,37,38)/t28-,29?/m0/s1. The SMILES string of the molecule is O=C(CCCCCC1=NCCC1)Cc1ccc(C[C@H](NC(=O)C2CCCN2S(=O)(=O)c2ccccc2)C(=O)O)cc1. The highest BCUT2D eigenvalue weighted by atomic mass is 32.2. The number of hydrogen-bond donors (Lipinski definition) is 2. The first-order chi connectivity index (χ1) is 19.7. The summed E-state index contributed by atoms with van der Waals surface area (Å²) in [6.07, 6.45) is 8.03. The van der Waals surface area contributed by atoms with Gasteiger partial charge in [-0.1, -0.05) is 48.9 Å². The van der Waals surface area contributed by atoms with Gasteiger partial charge in [0.2, 0.25) is 15.9 Å². The summed E-state index contributed by atoms with van der Waals surface area (Å²) in [6.45, 7) is 1.15. The maximum Gasteiger partial charge on any atom is 0.326 e. The first-order valence-electron chi connectivity index (χ1n) is 14.5. The molecule has 9 nitrogen and oxygen atoms in total. The molecule has 0 bridgehead atoms. The van der Waals surface area contributed by atoms with Gasteiger partial charge in [0.1, 0.15) is 17.9 Å². The van der Waals surface area contributed by atoms with Gasteiger partial charge in [-0.15, -0.1) is 0 Å². The third-order valence-electron chi connectivity index (χ3n) is 7.71. The van der Waals surface area contributed by atoms with Crippen molar-refractivity contribution >= 4 is 33.4 Å². The van der Waals surface area contributed by atoms with Crippen LogP contribution in [0, 0.1) is 0 Å². The van der Waals surface area contributed by atoms with Crippen LogP contribution in [0.5, 0.6) is 0 Å². The van der Waals surface area contributed by atoms with Crippen molar-refractivity contribution in [3.8, 4) is 0 Å². The Hall–Kier alpha value is -3.37. The minimum absolute atomic E-state index is 0.0404. The van der Waals surface area contributed by atoms with Crippen molar-refractivity contribution in [2.24, 2.45) is 4.99 Å². The molecule has 2 aromatic carbocycles. The predicted molar refractivity (Wildman–Crippen MR) is 156 cm³/mol. The predicted octanol–water partition coefficient (Wildman–Crippen LogP) is 3.95. The number of carbonyl (C=O) groups excluding carboxylic acids is 2. The number of aliphatic imine (C=N–C) groups is 1. The topological polar surface area (TPSA) is 133 Å². The molecule has 220 valence electrons. The van der Waals surface area contributed by atoms with Crippen molar-refractivity contribution in [1.29, 1.82) is 0 Å². The molecule has 2 aliphatic heterocycles. The third-order valence-corrected chi connectivity index (χ3v) is 9.64. The fourth-order valence-corrected chi connectivity index (χ4v) is 7.14. The number of amides is 1. The fourth-order valence-electron chi connectivity index (χ4n) is 5.46. The Kier molecular flexibility index (Phi) is 10.8. The van der Waals surface area contributed by atoms with E-state index in [1.165, 1.54) is 24.3 Å². The first-order valence-corrected chi connectivity index (χ1v) is 15.9. The van der Waals surface area contributed by atoms with E-state index < -0.39 is 34.0 Å². The molecule has 0 saturated carbocycles. The molecule has 0 radical (unpaired) electrons. The minimum Gasteiger partial charge on any atom is -0.480 e. The molecule has 10 heteroatoms. The Morgan fingerprint density at radius 2 is 1.71 bits per heavy atom. The van der Waals surface area contributed by atoms with E-state index in [-0.39, 0.29) is 23.6 Å². The summed E-state index contributed by atoms with van der Waals surface area (Å²) in [5.41, 5.74) is 2.88. The minimum atomic E-state index is -3.88. The van der Waals surface area contributed by atoms with E-state index in [0.29, 0.717) is 31.2 Å². The molecule has 2 aromatic rings. The Labute approximate surface area is 242 Å². The number of ketones is 1. The van der Waals surface area contributed by atoms with Crippen LogP contribution in [-0.4, -0.2) is 66.4 Å². The normalized spacial score (nSPS) is 18.1. The summed E-state index contributed by atoms with van der Waals surface area (Å²) in [7, 11) is -3.88. The van der Waals surface area contributed by atoms with E-state index >= 15 is 0 Å².